The van der Waals surface area contributed by atoms with Crippen molar-refractivity contribution in [1.29, 1.82) is 0 Å². The predicted molar refractivity (Wildman–Crippen MR) is 56.8 cm³/mol. The lowest BCUT2D eigenvalue weighted by molar-refractivity contribution is -0.136. The van der Waals surface area contributed by atoms with Crippen molar-refractivity contribution in [3.8, 4) is 0 Å². The summed E-state index contributed by atoms with van der Waals surface area (Å²) in [6.45, 7) is 0. The minimum atomic E-state index is -4.31. The van der Waals surface area contributed by atoms with Crippen molar-refractivity contribution in [2.24, 2.45) is 5.84 Å². The van der Waals surface area contributed by atoms with Gasteiger partial charge in [0.2, 0.25) is 0 Å². The molecule has 0 radical (unpaired) electrons. The molecule has 0 aliphatic rings. The maximum atomic E-state index is 13.4. The van der Waals surface area contributed by atoms with E-state index in [1.54, 1.807) is 0 Å². The summed E-state index contributed by atoms with van der Waals surface area (Å²) in [6.07, 6.45) is -5.75. The average Bonchev–Trinajstić information content (AvgIpc) is 2.21. The lowest BCUT2D eigenvalue weighted by Gasteiger charge is -2.19. The molecule has 0 saturated heterocycles. The topological polar surface area (TPSA) is 38.0 Å². The van der Waals surface area contributed by atoms with Crippen LogP contribution in [0.4, 0.5) is 17.6 Å². The first kappa shape index (κ1) is 14.2. The molecule has 2 nitrogen and oxygen atoms in total. The highest BCUT2D eigenvalue weighted by Crippen LogP contribution is 2.31. The van der Waals surface area contributed by atoms with E-state index in [1.165, 1.54) is 12.1 Å². The smallest absolute Gasteiger partial charge is 0.271 e. The van der Waals surface area contributed by atoms with E-state index < -0.39 is 24.5 Å². The third-order valence-electron chi connectivity index (χ3n) is 2.27. The zero-order valence-electron chi connectivity index (χ0n) is 8.69. The van der Waals surface area contributed by atoms with E-state index in [0.717, 1.165) is 6.07 Å². The molecule has 0 aliphatic heterocycles. The van der Waals surface area contributed by atoms with Crippen molar-refractivity contribution in [1.82, 2.24) is 5.43 Å². The van der Waals surface area contributed by atoms with Crippen LogP contribution in [0, 0.1) is 5.82 Å². The van der Waals surface area contributed by atoms with Crippen LogP contribution in [0.15, 0.2) is 18.2 Å². The first-order chi connectivity index (χ1) is 7.85. The van der Waals surface area contributed by atoms with E-state index in [2.05, 4.69) is 5.43 Å². The molecule has 7 heteroatoms. The number of hydrazine groups is 1. The normalized spacial score (nSPS) is 13.8. The van der Waals surface area contributed by atoms with Gasteiger partial charge in [-0.1, -0.05) is 17.7 Å². The van der Waals surface area contributed by atoms with Crippen molar-refractivity contribution >= 4 is 11.6 Å². The molecule has 1 aromatic rings. The molecule has 0 spiro atoms. The number of halogens is 5. The summed E-state index contributed by atoms with van der Waals surface area (Å²) < 4.78 is 49.7. The van der Waals surface area contributed by atoms with Gasteiger partial charge in [-0.2, -0.15) is 13.2 Å². The summed E-state index contributed by atoms with van der Waals surface area (Å²) in [5.74, 6) is 4.45. The number of alkyl halides is 3. The van der Waals surface area contributed by atoms with Crippen molar-refractivity contribution < 1.29 is 17.6 Å². The van der Waals surface area contributed by atoms with Crippen LogP contribution in [-0.2, 0) is 0 Å². The van der Waals surface area contributed by atoms with Crippen molar-refractivity contribution in [3.05, 3.63) is 34.6 Å². The summed E-state index contributed by atoms with van der Waals surface area (Å²) in [4.78, 5) is 0. The Kier molecular flexibility index (Phi) is 4.73. The number of benzene rings is 1. The van der Waals surface area contributed by atoms with Gasteiger partial charge in [-0.15, -0.1) is 0 Å². The van der Waals surface area contributed by atoms with Crippen molar-refractivity contribution in [3.63, 3.8) is 0 Å². The van der Waals surface area contributed by atoms with Gasteiger partial charge in [0.1, 0.15) is 5.82 Å². The van der Waals surface area contributed by atoms with Gasteiger partial charge in [0, 0.05) is 17.0 Å². The Bertz CT molecular complexity index is 361. The van der Waals surface area contributed by atoms with Crippen LogP contribution in [-0.4, -0.2) is 6.18 Å². The lowest BCUT2D eigenvalue weighted by Crippen LogP contribution is -2.30. The third kappa shape index (κ3) is 4.14. The Morgan fingerprint density at radius 1 is 1.35 bits per heavy atom. The maximum absolute atomic E-state index is 13.4. The number of nitrogens with two attached hydrogens (primary N) is 1. The van der Waals surface area contributed by atoms with E-state index in [-0.39, 0.29) is 17.0 Å². The van der Waals surface area contributed by atoms with Gasteiger partial charge in [-0.3, -0.25) is 11.3 Å². The van der Waals surface area contributed by atoms with Crippen molar-refractivity contribution in [2.45, 2.75) is 25.1 Å². The van der Waals surface area contributed by atoms with Crippen LogP contribution in [0.1, 0.15) is 24.4 Å². The molecule has 3 N–H and O–H groups in total. The maximum Gasteiger partial charge on any atom is 0.389 e. The molecule has 1 rings (SSSR count). The number of hydrogen-bond donors (Lipinski definition) is 2. The van der Waals surface area contributed by atoms with Crippen LogP contribution < -0.4 is 11.3 Å². The molecule has 0 saturated carbocycles. The molecular weight excluding hydrogens is 260 g/mol. The Labute approximate surface area is 101 Å². The minimum Gasteiger partial charge on any atom is -0.271 e. The Morgan fingerprint density at radius 2 is 2.00 bits per heavy atom. The molecule has 1 unspecified atom stereocenters. The van der Waals surface area contributed by atoms with Gasteiger partial charge < -0.3 is 0 Å². The lowest BCUT2D eigenvalue weighted by atomic mass is 10.0. The highest BCUT2D eigenvalue weighted by molar-refractivity contribution is 6.31. The molecule has 0 aromatic heterocycles. The number of rotatable bonds is 4. The second-order valence-corrected chi connectivity index (χ2v) is 3.92. The van der Waals surface area contributed by atoms with E-state index in [4.69, 9.17) is 17.4 Å². The summed E-state index contributed by atoms with van der Waals surface area (Å²) >= 11 is 5.74. The molecule has 0 amide bonds. The van der Waals surface area contributed by atoms with Crippen LogP contribution in [0.3, 0.4) is 0 Å². The first-order valence-electron chi connectivity index (χ1n) is 4.82. The first-order valence-corrected chi connectivity index (χ1v) is 5.19. The van der Waals surface area contributed by atoms with Gasteiger partial charge in [-0.05, 0) is 18.6 Å². The third-order valence-corrected chi connectivity index (χ3v) is 2.60. The fourth-order valence-electron chi connectivity index (χ4n) is 1.46. The summed E-state index contributed by atoms with van der Waals surface area (Å²) in [7, 11) is 0. The van der Waals surface area contributed by atoms with Crippen LogP contribution >= 0.6 is 11.6 Å². The molecule has 0 bridgehead atoms. The van der Waals surface area contributed by atoms with Crippen LogP contribution in [0.5, 0.6) is 0 Å². The highest BCUT2D eigenvalue weighted by Gasteiger charge is 2.29. The molecule has 0 heterocycles. The van der Waals surface area contributed by atoms with Gasteiger partial charge in [0.15, 0.2) is 0 Å². The standard InChI is InChI=1S/C10H11ClF4N2/c11-6-2-1-3-7(12)9(6)8(17-16)4-5-10(13,14)15/h1-3,8,17H,4-5,16H2. The Morgan fingerprint density at radius 3 is 2.47 bits per heavy atom. The Balaban J connectivity index is 2.87. The van der Waals surface area contributed by atoms with Crippen molar-refractivity contribution in [2.75, 3.05) is 0 Å². The molecule has 0 aliphatic carbocycles. The summed E-state index contributed by atoms with van der Waals surface area (Å²) in [6, 6.07) is 2.93. The van der Waals surface area contributed by atoms with Crippen LogP contribution in [0.2, 0.25) is 5.02 Å². The van der Waals surface area contributed by atoms with Crippen LogP contribution in [0.25, 0.3) is 0 Å². The minimum absolute atomic E-state index is 0.0408. The fraction of sp³-hybridized carbons (Fsp3) is 0.400. The Hall–Kier alpha value is -0.850. The largest absolute Gasteiger partial charge is 0.389 e. The molecule has 1 aromatic carbocycles. The SMILES string of the molecule is NNC(CCC(F)(F)F)c1c(F)cccc1Cl. The molecular formula is C10H11ClF4N2. The van der Waals surface area contributed by atoms with E-state index in [1.807, 2.05) is 0 Å². The molecule has 0 fully saturated rings. The van der Waals surface area contributed by atoms with Gasteiger partial charge >= 0.3 is 6.18 Å². The average molecular weight is 271 g/mol. The van der Waals surface area contributed by atoms with Gasteiger partial charge in [0.25, 0.3) is 0 Å². The molecule has 96 valence electrons. The van der Waals surface area contributed by atoms with E-state index in [9.17, 15) is 17.6 Å². The van der Waals surface area contributed by atoms with Gasteiger partial charge in [0.05, 0.1) is 6.04 Å². The number of nitrogens with one attached hydrogen (secondary N) is 1. The molecule has 17 heavy (non-hydrogen) atoms. The summed E-state index contributed by atoms with van der Waals surface area (Å²) in [5, 5.41) is 0.0510. The zero-order valence-corrected chi connectivity index (χ0v) is 9.45. The second-order valence-electron chi connectivity index (χ2n) is 3.51. The second kappa shape index (κ2) is 5.66. The van der Waals surface area contributed by atoms with Gasteiger partial charge in [-0.25, -0.2) is 4.39 Å². The van der Waals surface area contributed by atoms with E-state index >= 15 is 0 Å². The van der Waals surface area contributed by atoms with E-state index in [0.29, 0.717) is 0 Å². The quantitative estimate of drug-likeness (QED) is 0.500. The fourth-order valence-corrected chi connectivity index (χ4v) is 1.76. The monoisotopic (exact) mass is 270 g/mol. The number of hydrogen-bond acceptors (Lipinski definition) is 2. The zero-order chi connectivity index (χ0) is 13.1. The highest BCUT2D eigenvalue weighted by atomic mass is 35.5. The predicted octanol–water partition coefficient (Wildman–Crippen LogP) is 3.33. The molecule has 1 atom stereocenters. The summed E-state index contributed by atoms with van der Waals surface area (Å²) in [5.41, 5.74) is 2.11.